The third-order valence-corrected chi connectivity index (χ3v) is 2.33. The first-order valence-corrected chi connectivity index (χ1v) is 3.53. The average Bonchev–Trinajstić information content (AvgIpc) is 2.42. The predicted octanol–water partition coefficient (Wildman–Crippen LogP) is -2.21. The molecule has 2 aliphatic rings. The highest BCUT2D eigenvalue weighted by molar-refractivity contribution is 5.06. The Hall–Kier alpha value is -0.200. The molecule has 5 heteroatoms. The van der Waals surface area contributed by atoms with Crippen LogP contribution in [0.5, 0.6) is 0 Å². The van der Waals surface area contributed by atoms with Crippen molar-refractivity contribution >= 4 is 0 Å². The van der Waals surface area contributed by atoms with Gasteiger partial charge in [-0.3, -0.25) is 0 Å². The second kappa shape index (κ2) is 2.15. The molecular weight excluding hydrogens is 150 g/mol. The van der Waals surface area contributed by atoms with Crippen LogP contribution in [0, 0.1) is 0 Å². The molecule has 4 atom stereocenters. The molecule has 2 fully saturated rings. The fourth-order valence-electron chi connectivity index (χ4n) is 1.61. The summed E-state index contributed by atoms with van der Waals surface area (Å²) in [6.45, 7) is -0.0264. The summed E-state index contributed by atoms with van der Waals surface area (Å²) >= 11 is 0. The van der Waals surface area contributed by atoms with Crippen molar-refractivity contribution in [2.75, 3.05) is 13.2 Å². The fourth-order valence-corrected chi connectivity index (χ4v) is 1.61. The SMILES string of the molecule is N[C@@H]1O[C@@]2(CO)COC1C2O. The minimum atomic E-state index is -0.954. The summed E-state index contributed by atoms with van der Waals surface area (Å²) in [5.41, 5.74) is 4.50. The van der Waals surface area contributed by atoms with Crippen LogP contribution in [0.1, 0.15) is 0 Å². The van der Waals surface area contributed by atoms with Crippen LogP contribution in [0.3, 0.4) is 0 Å². The number of rotatable bonds is 1. The first-order valence-electron chi connectivity index (χ1n) is 3.53. The molecule has 0 aromatic heterocycles. The first-order chi connectivity index (χ1) is 5.19. The lowest BCUT2D eigenvalue weighted by Gasteiger charge is -2.26. The van der Waals surface area contributed by atoms with Gasteiger partial charge in [0.2, 0.25) is 0 Å². The van der Waals surface area contributed by atoms with Crippen molar-refractivity contribution in [1.82, 2.24) is 0 Å². The van der Waals surface area contributed by atoms with Crippen molar-refractivity contribution in [3.63, 3.8) is 0 Å². The topological polar surface area (TPSA) is 84.9 Å². The second-order valence-electron chi connectivity index (χ2n) is 3.03. The van der Waals surface area contributed by atoms with E-state index in [4.69, 9.17) is 20.3 Å². The smallest absolute Gasteiger partial charge is 0.145 e. The summed E-state index contributed by atoms with van der Waals surface area (Å²) in [5.74, 6) is 0. The van der Waals surface area contributed by atoms with Crippen molar-refractivity contribution in [1.29, 1.82) is 0 Å². The van der Waals surface area contributed by atoms with E-state index in [1.54, 1.807) is 0 Å². The number of ether oxygens (including phenoxy) is 2. The minimum Gasteiger partial charge on any atom is -0.393 e. The van der Waals surface area contributed by atoms with Crippen molar-refractivity contribution < 1.29 is 19.7 Å². The number of aliphatic hydroxyl groups is 2. The Labute approximate surface area is 63.7 Å². The molecule has 4 N–H and O–H groups in total. The van der Waals surface area contributed by atoms with E-state index in [0.717, 1.165) is 0 Å². The largest absolute Gasteiger partial charge is 0.393 e. The van der Waals surface area contributed by atoms with E-state index < -0.39 is 24.0 Å². The Kier molecular flexibility index (Phi) is 1.45. The lowest BCUT2D eigenvalue weighted by atomic mass is 10.0. The summed E-state index contributed by atoms with van der Waals surface area (Å²) < 4.78 is 10.3. The molecule has 0 aliphatic carbocycles. The van der Waals surface area contributed by atoms with E-state index in [0.29, 0.717) is 0 Å². The molecule has 0 aromatic carbocycles. The number of hydrogen-bond acceptors (Lipinski definition) is 5. The molecule has 2 saturated heterocycles. The summed E-state index contributed by atoms with van der Waals surface area (Å²) in [6, 6.07) is 0. The third-order valence-electron chi connectivity index (χ3n) is 2.33. The molecule has 0 aromatic rings. The minimum absolute atomic E-state index is 0.225. The van der Waals surface area contributed by atoms with Crippen LogP contribution >= 0.6 is 0 Å². The normalized spacial score (nSPS) is 55.4. The van der Waals surface area contributed by atoms with E-state index >= 15 is 0 Å². The Morgan fingerprint density at radius 1 is 1.64 bits per heavy atom. The molecule has 5 nitrogen and oxygen atoms in total. The van der Waals surface area contributed by atoms with Gasteiger partial charge in [0.1, 0.15) is 24.0 Å². The quantitative estimate of drug-likeness (QED) is 0.406. The van der Waals surface area contributed by atoms with Crippen LogP contribution in [-0.2, 0) is 9.47 Å². The average molecular weight is 161 g/mol. The van der Waals surface area contributed by atoms with Crippen molar-refractivity contribution in [2.24, 2.45) is 5.73 Å². The molecule has 0 spiro atoms. The van der Waals surface area contributed by atoms with Gasteiger partial charge >= 0.3 is 0 Å². The highest BCUT2D eigenvalue weighted by Crippen LogP contribution is 2.37. The van der Waals surface area contributed by atoms with Crippen LogP contribution in [0.2, 0.25) is 0 Å². The van der Waals surface area contributed by atoms with Gasteiger partial charge in [-0.25, -0.2) is 0 Å². The van der Waals surface area contributed by atoms with Gasteiger partial charge in [-0.1, -0.05) is 0 Å². The zero-order valence-electron chi connectivity index (χ0n) is 5.93. The Morgan fingerprint density at radius 2 is 2.36 bits per heavy atom. The molecule has 0 radical (unpaired) electrons. The third kappa shape index (κ3) is 0.771. The van der Waals surface area contributed by atoms with Gasteiger partial charge in [0.25, 0.3) is 0 Å². The van der Waals surface area contributed by atoms with Crippen LogP contribution in [-0.4, -0.2) is 47.5 Å². The van der Waals surface area contributed by atoms with Gasteiger partial charge < -0.3 is 25.4 Å². The van der Waals surface area contributed by atoms with Crippen LogP contribution in [0.4, 0.5) is 0 Å². The molecule has 64 valence electrons. The number of fused-ring (bicyclic) bond motifs is 2. The van der Waals surface area contributed by atoms with Gasteiger partial charge in [-0.2, -0.15) is 0 Å². The van der Waals surface area contributed by atoms with Gasteiger partial charge in [0.15, 0.2) is 0 Å². The van der Waals surface area contributed by atoms with Gasteiger partial charge in [0.05, 0.1) is 13.2 Å². The molecule has 2 rings (SSSR count). The monoisotopic (exact) mass is 161 g/mol. The van der Waals surface area contributed by atoms with E-state index in [1.807, 2.05) is 0 Å². The highest BCUT2D eigenvalue weighted by Gasteiger charge is 2.59. The standard InChI is InChI=1S/C6H11NO4/c7-5-3-4(9)6(1-8,11-5)2-10-3/h3-5,8-9H,1-2,7H2/t3?,4?,5-,6+/m1/s1. The van der Waals surface area contributed by atoms with Gasteiger partial charge in [0, 0.05) is 0 Å². The van der Waals surface area contributed by atoms with Crippen molar-refractivity contribution in [3.8, 4) is 0 Å². The summed E-state index contributed by atoms with van der Waals surface area (Å²) in [4.78, 5) is 0. The predicted molar refractivity (Wildman–Crippen MR) is 34.6 cm³/mol. The first kappa shape index (κ1) is 7.45. The maximum Gasteiger partial charge on any atom is 0.145 e. The van der Waals surface area contributed by atoms with Gasteiger partial charge in [-0.15, -0.1) is 0 Å². The van der Waals surface area contributed by atoms with E-state index in [1.165, 1.54) is 0 Å². The number of hydrogen-bond donors (Lipinski definition) is 3. The Balaban J connectivity index is 2.24. The van der Waals surface area contributed by atoms with Crippen LogP contribution in [0.25, 0.3) is 0 Å². The fraction of sp³-hybridized carbons (Fsp3) is 1.00. The molecule has 2 aliphatic heterocycles. The van der Waals surface area contributed by atoms with Crippen molar-refractivity contribution in [2.45, 2.75) is 24.0 Å². The van der Waals surface area contributed by atoms with E-state index in [2.05, 4.69) is 0 Å². The molecule has 2 heterocycles. The molecule has 11 heavy (non-hydrogen) atoms. The molecule has 2 bridgehead atoms. The van der Waals surface area contributed by atoms with E-state index in [-0.39, 0.29) is 13.2 Å². The molecule has 2 unspecified atom stereocenters. The van der Waals surface area contributed by atoms with E-state index in [9.17, 15) is 5.11 Å². The number of aliphatic hydroxyl groups excluding tert-OH is 2. The van der Waals surface area contributed by atoms with Gasteiger partial charge in [-0.05, 0) is 0 Å². The van der Waals surface area contributed by atoms with Crippen LogP contribution < -0.4 is 5.73 Å². The summed E-state index contributed by atoms with van der Waals surface area (Å²) in [5, 5.41) is 18.4. The maximum absolute atomic E-state index is 9.46. The zero-order valence-corrected chi connectivity index (χ0v) is 5.93. The lowest BCUT2D eigenvalue weighted by Crippen LogP contribution is -2.45. The summed E-state index contributed by atoms with van der Waals surface area (Å²) in [6.07, 6.45) is -1.87. The lowest BCUT2D eigenvalue weighted by molar-refractivity contribution is -0.158. The maximum atomic E-state index is 9.46. The number of nitrogens with two attached hydrogens (primary N) is 1. The Bertz CT molecular complexity index is 176. The highest BCUT2D eigenvalue weighted by atomic mass is 16.6. The van der Waals surface area contributed by atoms with Crippen LogP contribution in [0.15, 0.2) is 0 Å². The zero-order chi connectivity index (χ0) is 8.06. The summed E-state index contributed by atoms with van der Waals surface area (Å²) in [7, 11) is 0. The molecular formula is C6H11NO4. The van der Waals surface area contributed by atoms with Crippen molar-refractivity contribution in [3.05, 3.63) is 0 Å². The second-order valence-corrected chi connectivity index (χ2v) is 3.03. The molecule has 0 saturated carbocycles. The Morgan fingerprint density at radius 3 is 2.64 bits per heavy atom. The molecule has 0 amide bonds.